The lowest BCUT2D eigenvalue weighted by molar-refractivity contribution is -0.123. The van der Waals surface area contributed by atoms with Crippen molar-refractivity contribution >= 4 is 69.4 Å². The predicted molar refractivity (Wildman–Crippen MR) is 128 cm³/mol. The highest BCUT2D eigenvalue weighted by Crippen LogP contribution is 2.09. The predicted octanol–water partition coefficient (Wildman–Crippen LogP) is 4.06. The van der Waals surface area contributed by atoms with E-state index in [1.165, 1.54) is 0 Å². The highest BCUT2D eigenvalue weighted by molar-refractivity contribution is 14.1. The number of carbonyl (C=O) groups is 2. The van der Waals surface area contributed by atoms with Crippen molar-refractivity contribution in [1.82, 2.24) is 10.9 Å². The number of benzene rings is 2. The van der Waals surface area contributed by atoms with Crippen LogP contribution < -0.4 is 10.9 Å². The van der Waals surface area contributed by atoms with Crippen LogP contribution in [0.5, 0.6) is 0 Å². The molecule has 0 unspecified atom stereocenters. The number of nitrogens with zero attached hydrogens (tertiary/aromatic N) is 2. The quantitative estimate of drug-likeness (QED) is 0.197. The maximum absolute atomic E-state index is 11.8. The van der Waals surface area contributed by atoms with E-state index in [1.807, 2.05) is 48.5 Å². The molecule has 0 radical (unpaired) electrons. The van der Waals surface area contributed by atoms with E-state index >= 15 is 0 Å². The molecule has 0 aliphatic rings. The lowest BCUT2D eigenvalue weighted by Gasteiger charge is -2.02. The molecule has 0 aliphatic carbocycles. The third-order valence-corrected chi connectivity index (χ3v) is 5.62. The molecule has 2 amide bonds. The third-order valence-electron chi connectivity index (χ3n) is 3.65. The van der Waals surface area contributed by atoms with Gasteiger partial charge in [-0.3, -0.25) is 9.59 Å². The average molecular weight is 602 g/mol. The summed E-state index contributed by atoms with van der Waals surface area (Å²) in [7, 11) is 0. The molecule has 0 bridgehead atoms. The molecule has 146 valence electrons. The van der Waals surface area contributed by atoms with Gasteiger partial charge in [-0.2, -0.15) is 10.2 Å². The number of nitrogens with one attached hydrogen (secondary N) is 2. The van der Waals surface area contributed by atoms with Crippen LogP contribution >= 0.6 is 45.2 Å². The standard InChI is InChI=1S/C20H20I2N4O2/c21-17-9-3-1-7-15(17)13-23-25-19(27)11-5-6-12-20(28)26-24-14-16-8-2-4-10-18(16)22/h1-4,7-10,13-14H,5-6,11-12H2,(H,25,27)(H,26,28)/b23-13+,24-14+. The number of hydrazone groups is 2. The molecule has 0 heterocycles. The fourth-order valence-corrected chi connectivity index (χ4v) is 3.24. The molecular weight excluding hydrogens is 582 g/mol. The second kappa shape index (κ2) is 12.6. The van der Waals surface area contributed by atoms with Crippen molar-refractivity contribution in [2.75, 3.05) is 0 Å². The topological polar surface area (TPSA) is 82.9 Å². The van der Waals surface area contributed by atoms with E-state index in [9.17, 15) is 9.59 Å². The average Bonchev–Trinajstić information content (AvgIpc) is 2.68. The Bertz CT molecular complexity index is 797. The molecule has 0 aliphatic heterocycles. The number of hydrogen-bond donors (Lipinski definition) is 2. The van der Waals surface area contributed by atoms with Gasteiger partial charge in [-0.1, -0.05) is 36.4 Å². The number of hydrogen-bond acceptors (Lipinski definition) is 4. The molecule has 2 N–H and O–H groups in total. The van der Waals surface area contributed by atoms with Crippen LogP contribution in [0.15, 0.2) is 58.7 Å². The highest BCUT2D eigenvalue weighted by atomic mass is 127. The van der Waals surface area contributed by atoms with E-state index in [0.717, 1.165) is 18.3 Å². The Kier molecular flexibility index (Phi) is 10.1. The van der Waals surface area contributed by atoms with Crippen LogP contribution in [0.2, 0.25) is 0 Å². The highest BCUT2D eigenvalue weighted by Gasteiger charge is 2.03. The Labute approximate surface area is 191 Å². The Morgan fingerprint density at radius 1 is 0.750 bits per heavy atom. The van der Waals surface area contributed by atoms with Crippen LogP contribution in [-0.2, 0) is 9.59 Å². The Morgan fingerprint density at radius 3 is 1.54 bits per heavy atom. The third kappa shape index (κ3) is 8.46. The van der Waals surface area contributed by atoms with Gasteiger partial charge in [0.1, 0.15) is 0 Å². The molecule has 6 nitrogen and oxygen atoms in total. The van der Waals surface area contributed by atoms with Gasteiger partial charge in [-0.25, -0.2) is 10.9 Å². The minimum Gasteiger partial charge on any atom is -0.273 e. The lowest BCUT2D eigenvalue weighted by Crippen LogP contribution is -2.19. The molecule has 0 atom stereocenters. The van der Waals surface area contributed by atoms with Crippen molar-refractivity contribution in [3.63, 3.8) is 0 Å². The monoisotopic (exact) mass is 602 g/mol. The van der Waals surface area contributed by atoms with E-state index in [-0.39, 0.29) is 11.8 Å². The summed E-state index contributed by atoms with van der Waals surface area (Å²) in [5.41, 5.74) is 6.91. The normalized spacial score (nSPS) is 11.1. The van der Waals surface area contributed by atoms with Gasteiger partial charge >= 0.3 is 0 Å². The SMILES string of the molecule is O=C(CCCCC(=O)N/N=C/c1ccccc1I)N/N=C/c1ccccc1I. The zero-order valence-corrected chi connectivity index (χ0v) is 19.4. The molecule has 2 rings (SSSR count). The Balaban J connectivity index is 1.60. The first-order chi connectivity index (χ1) is 13.6. The first-order valence-corrected chi connectivity index (χ1v) is 10.8. The second-order valence-corrected chi connectivity index (χ2v) is 8.16. The molecule has 0 fully saturated rings. The summed E-state index contributed by atoms with van der Waals surface area (Å²) in [6.45, 7) is 0. The van der Waals surface area contributed by atoms with Gasteiger partial charge in [0.15, 0.2) is 0 Å². The first-order valence-electron chi connectivity index (χ1n) is 8.69. The van der Waals surface area contributed by atoms with E-state index in [2.05, 4.69) is 66.2 Å². The van der Waals surface area contributed by atoms with Crippen molar-refractivity contribution in [3.05, 3.63) is 66.8 Å². The number of rotatable bonds is 9. The summed E-state index contributed by atoms with van der Waals surface area (Å²) < 4.78 is 2.13. The zero-order valence-electron chi connectivity index (χ0n) is 15.1. The fourth-order valence-electron chi connectivity index (χ4n) is 2.19. The number of halogens is 2. The van der Waals surface area contributed by atoms with E-state index in [1.54, 1.807) is 12.4 Å². The van der Waals surface area contributed by atoms with E-state index in [4.69, 9.17) is 0 Å². The summed E-state index contributed by atoms with van der Waals surface area (Å²) >= 11 is 4.43. The maximum Gasteiger partial charge on any atom is 0.240 e. The van der Waals surface area contributed by atoms with Crippen molar-refractivity contribution in [2.24, 2.45) is 10.2 Å². The number of amides is 2. The van der Waals surface area contributed by atoms with Crippen molar-refractivity contribution in [3.8, 4) is 0 Å². The molecule has 0 aromatic heterocycles. The molecule has 2 aromatic carbocycles. The maximum atomic E-state index is 11.8. The van der Waals surface area contributed by atoms with Gasteiger partial charge < -0.3 is 0 Å². The molecule has 2 aromatic rings. The van der Waals surface area contributed by atoms with Gasteiger partial charge in [0, 0.05) is 31.1 Å². The number of unbranched alkanes of at least 4 members (excludes halogenated alkanes) is 1. The minimum atomic E-state index is -0.167. The summed E-state index contributed by atoms with van der Waals surface area (Å²) in [4.78, 5) is 23.5. The minimum absolute atomic E-state index is 0.167. The first kappa shape index (κ1) is 22.5. The van der Waals surface area contributed by atoms with Crippen LogP contribution in [0.4, 0.5) is 0 Å². The zero-order chi connectivity index (χ0) is 20.2. The summed E-state index contributed by atoms with van der Waals surface area (Å²) in [6.07, 6.45) is 5.11. The van der Waals surface area contributed by atoms with Crippen molar-refractivity contribution in [2.45, 2.75) is 25.7 Å². The van der Waals surface area contributed by atoms with E-state index in [0.29, 0.717) is 25.7 Å². The lowest BCUT2D eigenvalue weighted by atomic mass is 10.2. The molecule has 0 saturated heterocycles. The van der Waals surface area contributed by atoms with Crippen LogP contribution in [0.25, 0.3) is 0 Å². The van der Waals surface area contributed by atoms with Crippen molar-refractivity contribution < 1.29 is 9.59 Å². The second-order valence-electron chi connectivity index (χ2n) is 5.84. The Hall–Kier alpha value is -1.82. The Morgan fingerprint density at radius 2 is 1.14 bits per heavy atom. The van der Waals surface area contributed by atoms with Crippen LogP contribution in [-0.4, -0.2) is 24.2 Å². The molecule has 0 spiro atoms. The van der Waals surface area contributed by atoms with Gasteiger partial charge in [0.2, 0.25) is 11.8 Å². The molecule has 0 saturated carbocycles. The van der Waals surface area contributed by atoms with Crippen LogP contribution in [0.1, 0.15) is 36.8 Å². The summed E-state index contributed by atoms with van der Waals surface area (Å²) in [6, 6.07) is 15.5. The summed E-state index contributed by atoms with van der Waals surface area (Å²) in [5.74, 6) is -0.335. The smallest absolute Gasteiger partial charge is 0.240 e. The van der Waals surface area contributed by atoms with E-state index < -0.39 is 0 Å². The molecule has 28 heavy (non-hydrogen) atoms. The summed E-state index contributed by atoms with van der Waals surface area (Å²) in [5, 5.41) is 7.93. The fraction of sp³-hybridized carbons (Fsp3) is 0.200. The largest absolute Gasteiger partial charge is 0.273 e. The van der Waals surface area contributed by atoms with Crippen LogP contribution in [0, 0.1) is 7.14 Å². The molecule has 8 heteroatoms. The van der Waals surface area contributed by atoms with Gasteiger partial charge in [-0.05, 0) is 70.2 Å². The number of carbonyl (C=O) groups excluding carboxylic acids is 2. The van der Waals surface area contributed by atoms with Gasteiger partial charge in [-0.15, -0.1) is 0 Å². The van der Waals surface area contributed by atoms with Crippen molar-refractivity contribution in [1.29, 1.82) is 0 Å². The molecular formula is C20H20I2N4O2. The van der Waals surface area contributed by atoms with Gasteiger partial charge in [0.25, 0.3) is 0 Å². The van der Waals surface area contributed by atoms with Gasteiger partial charge in [0.05, 0.1) is 12.4 Å². The van der Waals surface area contributed by atoms with Crippen LogP contribution in [0.3, 0.4) is 0 Å².